The molecule has 0 aliphatic rings. The normalized spacial score (nSPS) is 11.3. The third-order valence-electron chi connectivity index (χ3n) is 3.64. The number of carbonyl (C=O) groups excluding carboxylic acids is 2. The lowest BCUT2D eigenvalue weighted by Crippen LogP contribution is -2.31. The van der Waals surface area contributed by atoms with Gasteiger partial charge < -0.3 is 19.5 Å². The number of hydrogen-bond acceptors (Lipinski definition) is 5. The van der Waals surface area contributed by atoms with Gasteiger partial charge in [0, 0.05) is 0 Å². The molecule has 0 saturated carbocycles. The SMILES string of the molecule is COc1cccc(OC)c1C(=O)OCC(=O)N[C@@H](C)c1ccccc1. The third-order valence-corrected chi connectivity index (χ3v) is 3.64. The Kier molecular flexibility index (Phi) is 6.39. The van der Waals surface area contributed by atoms with Crippen molar-refractivity contribution in [2.75, 3.05) is 20.8 Å². The molecule has 0 fully saturated rings. The summed E-state index contributed by atoms with van der Waals surface area (Å²) < 4.78 is 15.4. The van der Waals surface area contributed by atoms with Crippen LogP contribution in [0.1, 0.15) is 28.9 Å². The average molecular weight is 343 g/mol. The molecule has 2 aromatic rings. The van der Waals surface area contributed by atoms with Gasteiger partial charge in [-0.2, -0.15) is 0 Å². The number of hydrogen-bond donors (Lipinski definition) is 1. The molecule has 1 atom stereocenters. The van der Waals surface area contributed by atoms with Crippen LogP contribution in [0.3, 0.4) is 0 Å². The molecule has 132 valence electrons. The van der Waals surface area contributed by atoms with Crippen LogP contribution in [-0.4, -0.2) is 32.7 Å². The van der Waals surface area contributed by atoms with E-state index in [0.717, 1.165) is 5.56 Å². The molecule has 2 rings (SSSR count). The van der Waals surface area contributed by atoms with E-state index in [1.54, 1.807) is 18.2 Å². The Labute approximate surface area is 146 Å². The molecule has 0 heterocycles. The van der Waals surface area contributed by atoms with E-state index in [4.69, 9.17) is 14.2 Å². The summed E-state index contributed by atoms with van der Waals surface area (Å²) in [5.74, 6) is -0.430. The van der Waals surface area contributed by atoms with Crippen LogP contribution in [0, 0.1) is 0 Å². The number of methoxy groups -OCH3 is 2. The van der Waals surface area contributed by atoms with Crippen LogP contribution in [0.5, 0.6) is 11.5 Å². The summed E-state index contributed by atoms with van der Waals surface area (Å²) in [6.07, 6.45) is 0. The van der Waals surface area contributed by atoms with Crippen LogP contribution in [-0.2, 0) is 9.53 Å². The van der Waals surface area contributed by atoms with Gasteiger partial charge in [-0.05, 0) is 24.6 Å². The zero-order chi connectivity index (χ0) is 18.2. The van der Waals surface area contributed by atoms with Crippen LogP contribution < -0.4 is 14.8 Å². The van der Waals surface area contributed by atoms with E-state index in [1.807, 2.05) is 37.3 Å². The Morgan fingerprint density at radius 2 is 1.56 bits per heavy atom. The van der Waals surface area contributed by atoms with Crippen LogP contribution in [0.4, 0.5) is 0 Å². The van der Waals surface area contributed by atoms with Crippen LogP contribution in [0.25, 0.3) is 0 Å². The summed E-state index contributed by atoms with van der Waals surface area (Å²) in [5.41, 5.74) is 1.12. The quantitative estimate of drug-likeness (QED) is 0.783. The summed E-state index contributed by atoms with van der Waals surface area (Å²) in [6.45, 7) is 1.47. The Morgan fingerprint density at radius 1 is 0.960 bits per heavy atom. The van der Waals surface area contributed by atoms with E-state index >= 15 is 0 Å². The number of esters is 1. The molecular formula is C19H21NO5. The van der Waals surface area contributed by atoms with Crippen molar-refractivity contribution in [2.45, 2.75) is 13.0 Å². The molecule has 0 bridgehead atoms. The number of ether oxygens (including phenoxy) is 3. The maximum absolute atomic E-state index is 12.3. The second-order valence-corrected chi connectivity index (χ2v) is 5.31. The molecule has 0 aliphatic heterocycles. The summed E-state index contributed by atoms with van der Waals surface area (Å²) in [7, 11) is 2.89. The third kappa shape index (κ3) is 4.73. The van der Waals surface area contributed by atoms with Gasteiger partial charge in [-0.25, -0.2) is 4.79 Å². The summed E-state index contributed by atoms with van der Waals surface area (Å²) >= 11 is 0. The fourth-order valence-electron chi connectivity index (χ4n) is 2.36. The molecule has 0 aromatic heterocycles. The molecule has 1 amide bonds. The standard InChI is InChI=1S/C19H21NO5/c1-13(14-8-5-4-6-9-14)20-17(21)12-25-19(22)18-15(23-2)10-7-11-16(18)24-3/h4-11,13H,12H2,1-3H3,(H,20,21)/t13-/m0/s1. The first-order valence-corrected chi connectivity index (χ1v) is 7.79. The molecule has 6 heteroatoms. The van der Waals surface area contributed by atoms with Crippen molar-refractivity contribution in [1.29, 1.82) is 0 Å². The lowest BCUT2D eigenvalue weighted by atomic mass is 10.1. The Balaban J connectivity index is 1.97. The molecular weight excluding hydrogens is 322 g/mol. The topological polar surface area (TPSA) is 73.9 Å². The van der Waals surface area contributed by atoms with Gasteiger partial charge >= 0.3 is 5.97 Å². The van der Waals surface area contributed by atoms with Gasteiger partial charge in [0.05, 0.1) is 20.3 Å². The molecule has 0 unspecified atom stereocenters. The smallest absolute Gasteiger partial charge is 0.346 e. The Hall–Kier alpha value is -3.02. The Morgan fingerprint density at radius 3 is 2.12 bits per heavy atom. The number of benzene rings is 2. The minimum absolute atomic E-state index is 0.149. The lowest BCUT2D eigenvalue weighted by Gasteiger charge is -2.15. The average Bonchev–Trinajstić information content (AvgIpc) is 2.65. The second kappa shape index (κ2) is 8.73. The number of carbonyl (C=O) groups is 2. The highest BCUT2D eigenvalue weighted by molar-refractivity contribution is 5.96. The molecule has 0 spiro atoms. The van der Waals surface area contributed by atoms with Crippen LogP contribution >= 0.6 is 0 Å². The van der Waals surface area contributed by atoms with Crippen molar-refractivity contribution in [2.24, 2.45) is 0 Å². The molecule has 0 saturated heterocycles. The predicted octanol–water partition coefficient (Wildman–Crippen LogP) is 2.74. The molecule has 6 nitrogen and oxygen atoms in total. The van der Waals surface area contributed by atoms with E-state index in [-0.39, 0.29) is 11.6 Å². The first-order chi connectivity index (χ1) is 12.1. The molecule has 25 heavy (non-hydrogen) atoms. The van der Waals surface area contributed by atoms with Gasteiger partial charge in [0.2, 0.25) is 0 Å². The van der Waals surface area contributed by atoms with Gasteiger partial charge in [0.15, 0.2) is 6.61 Å². The highest BCUT2D eigenvalue weighted by atomic mass is 16.5. The van der Waals surface area contributed by atoms with E-state index in [2.05, 4.69) is 5.32 Å². The molecule has 2 aromatic carbocycles. The Bertz CT molecular complexity index is 708. The largest absolute Gasteiger partial charge is 0.496 e. The fourth-order valence-corrected chi connectivity index (χ4v) is 2.36. The lowest BCUT2D eigenvalue weighted by molar-refractivity contribution is -0.124. The van der Waals surface area contributed by atoms with Crippen molar-refractivity contribution in [3.8, 4) is 11.5 Å². The van der Waals surface area contributed by atoms with Crippen LogP contribution in [0.15, 0.2) is 48.5 Å². The molecule has 0 aliphatic carbocycles. The van der Waals surface area contributed by atoms with E-state index in [0.29, 0.717) is 11.5 Å². The monoisotopic (exact) mass is 343 g/mol. The van der Waals surface area contributed by atoms with Crippen molar-refractivity contribution in [1.82, 2.24) is 5.32 Å². The van der Waals surface area contributed by atoms with E-state index < -0.39 is 18.5 Å². The van der Waals surface area contributed by atoms with Gasteiger partial charge in [-0.3, -0.25) is 4.79 Å². The summed E-state index contributed by atoms with van der Waals surface area (Å²) in [5, 5.41) is 2.78. The van der Waals surface area contributed by atoms with Gasteiger partial charge in [-0.15, -0.1) is 0 Å². The van der Waals surface area contributed by atoms with Gasteiger partial charge in [0.1, 0.15) is 17.1 Å². The van der Waals surface area contributed by atoms with Gasteiger partial charge in [-0.1, -0.05) is 36.4 Å². The zero-order valence-electron chi connectivity index (χ0n) is 14.4. The highest BCUT2D eigenvalue weighted by Crippen LogP contribution is 2.28. The zero-order valence-corrected chi connectivity index (χ0v) is 14.4. The minimum atomic E-state index is -0.684. The van der Waals surface area contributed by atoms with Crippen molar-refractivity contribution in [3.63, 3.8) is 0 Å². The maximum atomic E-state index is 12.3. The van der Waals surface area contributed by atoms with Crippen LogP contribution in [0.2, 0.25) is 0 Å². The summed E-state index contributed by atoms with van der Waals surface area (Å²) in [4.78, 5) is 24.3. The minimum Gasteiger partial charge on any atom is -0.496 e. The first-order valence-electron chi connectivity index (χ1n) is 7.79. The van der Waals surface area contributed by atoms with E-state index in [9.17, 15) is 9.59 Å². The summed E-state index contributed by atoms with van der Waals surface area (Å²) in [6, 6.07) is 14.3. The van der Waals surface area contributed by atoms with E-state index in [1.165, 1.54) is 14.2 Å². The number of nitrogens with one attached hydrogen (secondary N) is 1. The molecule has 0 radical (unpaired) electrons. The predicted molar refractivity (Wildman–Crippen MR) is 92.8 cm³/mol. The van der Waals surface area contributed by atoms with Gasteiger partial charge in [0.25, 0.3) is 5.91 Å². The fraction of sp³-hybridized carbons (Fsp3) is 0.263. The van der Waals surface area contributed by atoms with Crippen molar-refractivity contribution < 1.29 is 23.8 Å². The number of amides is 1. The maximum Gasteiger partial charge on any atom is 0.346 e. The van der Waals surface area contributed by atoms with Crippen molar-refractivity contribution in [3.05, 3.63) is 59.7 Å². The highest BCUT2D eigenvalue weighted by Gasteiger charge is 2.21. The second-order valence-electron chi connectivity index (χ2n) is 5.31. The first kappa shape index (κ1) is 18.3. The molecule has 1 N–H and O–H groups in total. The van der Waals surface area contributed by atoms with Crippen molar-refractivity contribution >= 4 is 11.9 Å². The number of rotatable bonds is 7.